The average Bonchev–Trinajstić information content (AvgIpc) is 2.59. The van der Waals surface area contributed by atoms with Crippen molar-refractivity contribution in [2.75, 3.05) is 13.1 Å². The largest absolute Gasteiger partial charge is 0.481 e. The third kappa shape index (κ3) is 8.97. The summed E-state index contributed by atoms with van der Waals surface area (Å²) in [5, 5.41) is 24.3. The van der Waals surface area contributed by atoms with Gasteiger partial charge in [0.2, 0.25) is 17.7 Å². The molecule has 11 nitrogen and oxygen atoms in total. The fraction of sp³-hybridized carbons (Fsp3) is 0.667. The number of carboxylic acid groups (broad SMARTS) is 2. The predicted molar refractivity (Wildman–Crippen MR) is 89.9 cm³/mol. The Morgan fingerprint density at radius 2 is 1.62 bits per heavy atom. The Bertz CT molecular complexity index is 538. The van der Waals surface area contributed by atoms with Crippen molar-refractivity contribution in [3.63, 3.8) is 0 Å². The smallest absolute Gasteiger partial charge is 0.322 e. The minimum atomic E-state index is -1.28. The lowest BCUT2D eigenvalue weighted by Crippen LogP contribution is -2.56. The zero-order valence-electron chi connectivity index (χ0n) is 14.8. The zero-order chi connectivity index (χ0) is 20.3. The number of carbonyl (C=O) groups excluding carboxylic acids is 3. The van der Waals surface area contributed by atoms with Crippen LogP contribution in [0.15, 0.2) is 0 Å². The molecule has 0 fully saturated rings. The molecule has 0 spiro atoms. The van der Waals surface area contributed by atoms with Gasteiger partial charge in [0.15, 0.2) is 0 Å². The van der Waals surface area contributed by atoms with Gasteiger partial charge in [-0.05, 0) is 12.3 Å². The molecule has 0 saturated carbocycles. The van der Waals surface area contributed by atoms with Gasteiger partial charge in [-0.3, -0.25) is 24.0 Å². The Morgan fingerprint density at radius 3 is 2.08 bits per heavy atom. The molecule has 26 heavy (non-hydrogen) atoms. The molecule has 0 aromatic heterocycles. The maximum absolute atomic E-state index is 12.5. The monoisotopic (exact) mass is 374 g/mol. The summed E-state index contributed by atoms with van der Waals surface area (Å²) in [6.45, 7) is 2.54. The van der Waals surface area contributed by atoms with Crippen LogP contribution >= 0.6 is 0 Å². The van der Waals surface area contributed by atoms with E-state index in [0.717, 1.165) is 0 Å². The normalized spacial score (nSPS) is 13.8. The minimum Gasteiger partial charge on any atom is -0.481 e. The van der Waals surface area contributed by atoms with Gasteiger partial charge < -0.3 is 31.9 Å². The molecule has 11 heteroatoms. The van der Waals surface area contributed by atoms with Crippen LogP contribution in [0.3, 0.4) is 0 Å². The van der Waals surface area contributed by atoms with Crippen molar-refractivity contribution in [2.45, 2.75) is 45.2 Å². The van der Waals surface area contributed by atoms with E-state index in [9.17, 15) is 24.0 Å². The number of nitrogens with one attached hydrogen (secondary N) is 3. The Balaban J connectivity index is 5.17. The highest BCUT2D eigenvalue weighted by Crippen LogP contribution is 2.09. The zero-order valence-corrected chi connectivity index (χ0v) is 14.8. The van der Waals surface area contributed by atoms with Crippen molar-refractivity contribution in [3.8, 4) is 0 Å². The summed E-state index contributed by atoms with van der Waals surface area (Å²) >= 11 is 0. The number of carbonyl (C=O) groups is 5. The molecule has 7 N–H and O–H groups in total. The van der Waals surface area contributed by atoms with Crippen LogP contribution in [0, 0.1) is 5.92 Å². The maximum atomic E-state index is 12.5. The molecular formula is C15H26N4O7. The van der Waals surface area contributed by atoms with E-state index in [2.05, 4.69) is 16.0 Å². The van der Waals surface area contributed by atoms with Crippen LogP contribution in [-0.4, -0.2) is 65.0 Å². The third-order valence-electron chi connectivity index (χ3n) is 3.69. The van der Waals surface area contributed by atoms with Gasteiger partial charge in [-0.2, -0.15) is 0 Å². The van der Waals surface area contributed by atoms with E-state index in [1.165, 1.54) is 0 Å². The van der Waals surface area contributed by atoms with Gasteiger partial charge in [0.1, 0.15) is 18.6 Å². The second kappa shape index (κ2) is 11.8. The van der Waals surface area contributed by atoms with E-state index in [4.69, 9.17) is 15.9 Å². The Kier molecular flexibility index (Phi) is 10.6. The molecule has 0 rings (SSSR count). The number of carboxylic acids is 2. The van der Waals surface area contributed by atoms with Crippen molar-refractivity contribution in [3.05, 3.63) is 0 Å². The predicted octanol–water partition coefficient (Wildman–Crippen LogP) is -1.97. The summed E-state index contributed by atoms with van der Waals surface area (Å²) < 4.78 is 0. The summed E-state index contributed by atoms with van der Waals surface area (Å²) in [7, 11) is 0. The molecule has 0 aromatic carbocycles. The summed E-state index contributed by atoms with van der Waals surface area (Å²) in [4.78, 5) is 57.3. The van der Waals surface area contributed by atoms with Crippen molar-refractivity contribution in [2.24, 2.45) is 11.7 Å². The lowest BCUT2D eigenvalue weighted by molar-refractivity contribution is -0.140. The van der Waals surface area contributed by atoms with Crippen LogP contribution in [0.2, 0.25) is 0 Å². The van der Waals surface area contributed by atoms with E-state index < -0.39 is 54.7 Å². The second-order valence-electron chi connectivity index (χ2n) is 5.74. The highest BCUT2D eigenvalue weighted by molar-refractivity contribution is 5.93. The fourth-order valence-electron chi connectivity index (χ4n) is 2.02. The van der Waals surface area contributed by atoms with Crippen molar-refractivity contribution in [1.82, 2.24) is 16.0 Å². The summed E-state index contributed by atoms with van der Waals surface area (Å²) in [5.74, 6) is -4.79. The first kappa shape index (κ1) is 23.3. The highest BCUT2D eigenvalue weighted by atomic mass is 16.4. The second-order valence-corrected chi connectivity index (χ2v) is 5.74. The highest BCUT2D eigenvalue weighted by Gasteiger charge is 2.30. The molecule has 0 saturated heterocycles. The van der Waals surface area contributed by atoms with E-state index in [-0.39, 0.29) is 18.9 Å². The van der Waals surface area contributed by atoms with E-state index in [1.807, 2.05) is 0 Å². The minimum absolute atomic E-state index is 0.232. The first-order chi connectivity index (χ1) is 12.1. The molecule has 0 radical (unpaired) electrons. The van der Waals surface area contributed by atoms with Gasteiger partial charge in [0, 0.05) is 6.42 Å². The van der Waals surface area contributed by atoms with Crippen molar-refractivity contribution in [1.29, 1.82) is 0 Å². The van der Waals surface area contributed by atoms with Gasteiger partial charge in [0.05, 0.1) is 6.54 Å². The van der Waals surface area contributed by atoms with Crippen LogP contribution in [-0.2, 0) is 24.0 Å². The third-order valence-corrected chi connectivity index (χ3v) is 3.69. The number of rotatable bonds is 12. The molecule has 0 heterocycles. The maximum Gasteiger partial charge on any atom is 0.322 e. The first-order valence-corrected chi connectivity index (χ1v) is 8.13. The summed E-state index contributed by atoms with van der Waals surface area (Å²) in [6, 6.07) is -2.21. The molecular weight excluding hydrogens is 348 g/mol. The fourth-order valence-corrected chi connectivity index (χ4v) is 2.02. The SMILES string of the molecule is CCC(C)C(NC(=O)CN)C(=O)NC(CCC(=O)O)C(=O)NCC(=O)O. The van der Waals surface area contributed by atoms with Gasteiger partial charge in [-0.15, -0.1) is 0 Å². The quantitative estimate of drug-likeness (QED) is 0.227. The number of aliphatic carboxylic acids is 2. The Morgan fingerprint density at radius 1 is 1.00 bits per heavy atom. The van der Waals surface area contributed by atoms with Gasteiger partial charge in [-0.25, -0.2) is 0 Å². The molecule has 0 aromatic rings. The van der Waals surface area contributed by atoms with Gasteiger partial charge in [-0.1, -0.05) is 20.3 Å². The van der Waals surface area contributed by atoms with E-state index >= 15 is 0 Å². The van der Waals surface area contributed by atoms with Crippen LogP contribution in [0.5, 0.6) is 0 Å². The van der Waals surface area contributed by atoms with Crippen LogP contribution in [0.25, 0.3) is 0 Å². The summed E-state index contributed by atoms with van der Waals surface area (Å²) in [5.41, 5.74) is 5.23. The molecule has 0 aliphatic rings. The number of nitrogens with two attached hydrogens (primary N) is 1. The molecule has 0 bridgehead atoms. The number of amides is 3. The number of hydrogen-bond donors (Lipinski definition) is 6. The van der Waals surface area contributed by atoms with Crippen LogP contribution < -0.4 is 21.7 Å². The average molecular weight is 374 g/mol. The van der Waals surface area contributed by atoms with Crippen molar-refractivity contribution < 1.29 is 34.2 Å². The number of hydrogen-bond acceptors (Lipinski definition) is 6. The van der Waals surface area contributed by atoms with Gasteiger partial charge >= 0.3 is 11.9 Å². The molecule has 0 aliphatic heterocycles. The Labute approximate surface area is 150 Å². The van der Waals surface area contributed by atoms with E-state index in [0.29, 0.717) is 6.42 Å². The van der Waals surface area contributed by atoms with E-state index in [1.54, 1.807) is 13.8 Å². The Hall–Kier alpha value is -2.69. The standard InChI is InChI=1S/C15H26N4O7/c1-3-8(2)13(19-10(20)6-16)15(26)18-9(4-5-11(21)22)14(25)17-7-12(23)24/h8-9,13H,3-7,16H2,1-2H3,(H,17,25)(H,18,26)(H,19,20)(H,21,22)(H,23,24). The lowest BCUT2D eigenvalue weighted by Gasteiger charge is -2.26. The molecule has 0 aliphatic carbocycles. The lowest BCUT2D eigenvalue weighted by atomic mass is 9.97. The molecule has 3 unspecified atom stereocenters. The molecule has 3 amide bonds. The van der Waals surface area contributed by atoms with Crippen LogP contribution in [0.1, 0.15) is 33.1 Å². The molecule has 3 atom stereocenters. The van der Waals surface area contributed by atoms with Crippen LogP contribution in [0.4, 0.5) is 0 Å². The van der Waals surface area contributed by atoms with Gasteiger partial charge in [0.25, 0.3) is 0 Å². The molecule has 148 valence electrons. The summed E-state index contributed by atoms with van der Waals surface area (Å²) in [6.07, 6.45) is -0.0902. The topological polar surface area (TPSA) is 188 Å². The first-order valence-electron chi connectivity index (χ1n) is 8.13. The van der Waals surface area contributed by atoms with Crippen molar-refractivity contribution >= 4 is 29.7 Å².